The molecule has 2 atom stereocenters. The summed E-state index contributed by atoms with van der Waals surface area (Å²) in [4.78, 5) is 0. The molecule has 1 aliphatic rings. The molecule has 1 saturated carbocycles. The van der Waals surface area contributed by atoms with Gasteiger partial charge in [-0.25, -0.2) is 13.2 Å². The third-order valence-corrected chi connectivity index (χ3v) is 2.93. The maximum atomic E-state index is 14.2. The largest absolute Gasteiger partial charge is 0.328 e. The number of nitrogens with two attached hydrogens (primary N) is 1. The fraction of sp³-hybridized carbons (Fsp3) is 0.455. The van der Waals surface area contributed by atoms with Gasteiger partial charge in [0.25, 0.3) is 0 Å². The van der Waals surface area contributed by atoms with Crippen LogP contribution in [0.25, 0.3) is 0 Å². The molecule has 0 aromatic heterocycles. The number of halogens is 3. The van der Waals surface area contributed by atoms with Crippen LogP contribution in [0.2, 0.25) is 0 Å². The molecule has 1 fully saturated rings. The Hall–Kier alpha value is -1.03. The van der Waals surface area contributed by atoms with Gasteiger partial charge < -0.3 is 5.73 Å². The van der Waals surface area contributed by atoms with Crippen LogP contribution in [0.4, 0.5) is 13.2 Å². The van der Waals surface area contributed by atoms with Crippen LogP contribution in [0.5, 0.6) is 0 Å². The van der Waals surface area contributed by atoms with E-state index in [0.717, 1.165) is 6.07 Å². The quantitative estimate of drug-likeness (QED) is 0.765. The van der Waals surface area contributed by atoms with Crippen LogP contribution >= 0.6 is 0 Å². The predicted molar refractivity (Wildman–Crippen MR) is 51.0 cm³/mol. The Kier molecular flexibility index (Phi) is 2.46. The van der Waals surface area contributed by atoms with Crippen molar-refractivity contribution in [2.45, 2.75) is 31.0 Å². The number of rotatable bonds is 1. The van der Waals surface area contributed by atoms with Gasteiger partial charge in [-0.05, 0) is 18.9 Å². The predicted octanol–water partition coefficient (Wildman–Crippen LogP) is 2.64. The molecular weight excluding hydrogens is 203 g/mol. The van der Waals surface area contributed by atoms with Crippen molar-refractivity contribution in [2.24, 2.45) is 5.73 Å². The minimum atomic E-state index is -1.80. The standard InChI is InChI=1S/C11H12F3N/c12-9-3-1-2-8(10(9)13)11(14)5-4-7(15)6-11/h1-3,7H,4-6,15H2. The third-order valence-electron chi connectivity index (χ3n) is 2.93. The molecule has 0 radical (unpaired) electrons. The molecular formula is C11H12F3N. The van der Waals surface area contributed by atoms with E-state index in [1.807, 2.05) is 0 Å². The number of hydrogen-bond donors (Lipinski definition) is 1. The molecule has 1 aliphatic carbocycles. The molecule has 2 unspecified atom stereocenters. The molecule has 1 aromatic rings. The summed E-state index contributed by atoms with van der Waals surface area (Å²) >= 11 is 0. The third kappa shape index (κ3) is 1.74. The maximum absolute atomic E-state index is 14.2. The van der Waals surface area contributed by atoms with Crippen LogP contribution in [-0.4, -0.2) is 6.04 Å². The zero-order chi connectivity index (χ0) is 11.1. The zero-order valence-electron chi connectivity index (χ0n) is 8.14. The lowest BCUT2D eigenvalue weighted by Gasteiger charge is -2.20. The van der Waals surface area contributed by atoms with E-state index in [9.17, 15) is 13.2 Å². The van der Waals surface area contributed by atoms with Crippen LogP contribution in [0.1, 0.15) is 24.8 Å². The Morgan fingerprint density at radius 1 is 1.33 bits per heavy atom. The Balaban J connectivity index is 2.41. The van der Waals surface area contributed by atoms with Crippen LogP contribution in [0, 0.1) is 11.6 Å². The normalized spacial score (nSPS) is 30.8. The van der Waals surface area contributed by atoms with Crippen LogP contribution < -0.4 is 5.73 Å². The molecule has 4 heteroatoms. The summed E-state index contributed by atoms with van der Waals surface area (Å²) in [6, 6.07) is 3.32. The summed E-state index contributed by atoms with van der Waals surface area (Å²) in [6.45, 7) is 0. The summed E-state index contributed by atoms with van der Waals surface area (Å²) in [5.74, 6) is -2.10. The van der Waals surface area contributed by atoms with E-state index in [1.165, 1.54) is 12.1 Å². The molecule has 0 saturated heterocycles. The van der Waals surface area contributed by atoms with Gasteiger partial charge >= 0.3 is 0 Å². The topological polar surface area (TPSA) is 26.0 Å². The van der Waals surface area contributed by atoms with Gasteiger partial charge in [0.15, 0.2) is 11.6 Å². The lowest BCUT2D eigenvalue weighted by molar-refractivity contribution is 0.164. The summed E-state index contributed by atoms with van der Waals surface area (Å²) in [5, 5.41) is 0. The molecule has 2 N–H and O–H groups in total. The summed E-state index contributed by atoms with van der Waals surface area (Å²) in [5.41, 5.74) is 3.58. The summed E-state index contributed by atoms with van der Waals surface area (Å²) < 4.78 is 40.5. The van der Waals surface area contributed by atoms with Gasteiger partial charge in [-0.15, -0.1) is 0 Å². The smallest absolute Gasteiger partial charge is 0.165 e. The van der Waals surface area contributed by atoms with Crippen molar-refractivity contribution in [2.75, 3.05) is 0 Å². The molecule has 1 aromatic carbocycles. The van der Waals surface area contributed by atoms with E-state index < -0.39 is 17.3 Å². The molecule has 82 valence electrons. The average molecular weight is 215 g/mol. The Labute approximate surface area is 86.1 Å². The molecule has 1 nitrogen and oxygen atoms in total. The molecule has 0 heterocycles. The minimum absolute atomic E-state index is 0.0629. The van der Waals surface area contributed by atoms with E-state index in [0.29, 0.717) is 6.42 Å². The first-order valence-electron chi connectivity index (χ1n) is 4.92. The van der Waals surface area contributed by atoms with E-state index in [1.54, 1.807) is 0 Å². The van der Waals surface area contributed by atoms with Gasteiger partial charge in [-0.3, -0.25) is 0 Å². The van der Waals surface area contributed by atoms with E-state index >= 15 is 0 Å². The second-order valence-corrected chi connectivity index (χ2v) is 4.07. The highest BCUT2D eigenvalue weighted by atomic mass is 19.2. The molecule has 0 amide bonds. The molecule has 2 rings (SSSR count). The average Bonchev–Trinajstić information content (AvgIpc) is 2.52. The number of hydrogen-bond acceptors (Lipinski definition) is 1. The van der Waals surface area contributed by atoms with Crippen molar-refractivity contribution >= 4 is 0 Å². The molecule has 0 aliphatic heterocycles. The van der Waals surface area contributed by atoms with Crippen molar-refractivity contribution in [3.05, 3.63) is 35.4 Å². The van der Waals surface area contributed by atoms with Crippen molar-refractivity contribution in [1.82, 2.24) is 0 Å². The number of benzene rings is 1. The van der Waals surface area contributed by atoms with Crippen molar-refractivity contribution in [1.29, 1.82) is 0 Å². The van der Waals surface area contributed by atoms with Crippen molar-refractivity contribution in [3.8, 4) is 0 Å². The van der Waals surface area contributed by atoms with Crippen LogP contribution in [-0.2, 0) is 5.67 Å². The van der Waals surface area contributed by atoms with Crippen molar-refractivity contribution in [3.63, 3.8) is 0 Å². The lowest BCUT2D eigenvalue weighted by atomic mass is 9.93. The SMILES string of the molecule is NC1CCC(F)(c2cccc(F)c2F)C1. The number of alkyl halides is 1. The van der Waals surface area contributed by atoms with E-state index in [4.69, 9.17) is 5.73 Å². The maximum Gasteiger partial charge on any atom is 0.165 e. The monoisotopic (exact) mass is 215 g/mol. The van der Waals surface area contributed by atoms with Gasteiger partial charge in [-0.2, -0.15) is 0 Å². The molecule has 0 spiro atoms. The van der Waals surface area contributed by atoms with E-state index in [-0.39, 0.29) is 24.4 Å². The highest BCUT2D eigenvalue weighted by Crippen LogP contribution is 2.43. The molecule has 15 heavy (non-hydrogen) atoms. The fourth-order valence-corrected chi connectivity index (χ4v) is 2.13. The fourth-order valence-electron chi connectivity index (χ4n) is 2.13. The van der Waals surface area contributed by atoms with Gasteiger partial charge in [0, 0.05) is 18.0 Å². The second-order valence-electron chi connectivity index (χ2n) is 4.07. The molecule has 0 bridgehead atoms. The van der Waals surface area contributed by atoms with Gasteiger partial charge in [-0.1, -0.05) is 12.1 Å². The Morgan fingerprint density at radius 2 is 2.07 bits per heavy atom. The van der Waals surface area contributed by atoms with Gasteiger partial charge in [0.2, 0.25) is 0 Å². The van der Waals surface area contributed by atoms with Gasteiger partial charge in [0.05, 0.1) is 0 Å². The van der Waals surface area contributed by atoms with Crippen molar-refractivity contribution < 1.29 is 13.2 Å². The first kappa shape index (κ1) is 10.5. The minimum Gasteiger partial charge on any atom is -0.328 e. The highest BCUT2D eigenvalue weighted by molar-refractivity contribution is 5.27. The summed E-state index contributed by atoms with van der Waals surface area (Å²) in [6.07, 6.45) is 0.731. The Bertz CT molecular complexity index is 380. The van der Waals surface area contributed by atoms with Crippen LogP contribution in [0.15, 0.2) is 18.2 Å². The summed E-state index contributed by atoms with van der Waals surface area (Å²) in [7, 11) is 0. The first-order valence-corrected chi connectivity index (χ1v) is 4.92. The van der Waals surface area contributed by atoms with Gasteiger partial charge in [0.1, 0.15) is 5.67 Å². The zero-order valence-corrected chi connectivity index (χ0v) is 8.14. The van der Waals surface area contributed by atoms with E-state index in [2.05, 4.69) is 0 Å². The second kappa shape index (κ2) is 3.52. The first-order chi connectivity index (χ1) is 7.03. The Morgan fingerprint density at radius 3 is 2.67 bits per heavy atom. The highest BCUT2D eigenvalue weighted by Gasteiger charge is 2.41. The van der Waals surface area contributed by atoms with Crippen LogP contribution in [0.3, 0.4) is 0 Å². The lowest BCUT2D eigenvalue weighted by Crippen LogP contribution is -2.22.